The number of hydrogen-bond acceptors (Lipinski definition) is 4. The van der Waals surface area contributed by atoms with Crippen LogP contribution in [-0.4, -0.2) is 33.2 Å². The number of alkyl halides is 3. The van der Waals surface area contributed by atoms with Crippen LogP contribution in [-0.2, 0) is 6.54 Å². The molecule has 0 aliphatic heterocycles. The Labute approximate surface area is 111 Å². The van der Waals surface area contributed by atoms with Crippen molar-refractivity contribution in [2.24, 2.45) is 0 Å². The van der Waals surface area contributed by atoms with Crippen LogP contribution in [0.1, 0.15) is 17.3 Å². The quantitative estimate of drug-likeness (QED) is 0.891. The summed E-state index contributed by atoms with van der Waals surface area (Å²) < 4.78 is 37.7. The first-order valence-electron chi connectivity index (χ1n) is 5.78. The third-order valence-electron chi connectivity index (χ3n) is 2.64. The first-order chi connectivity index (χ1) is 9.31. The van der Waals surface area contributed by atoms with Crippen molar-refractivity contribution in [2.75, 3.05) is 12.3 Å². The Balaban J connectivity index is 2.26. The van der Waals surface area contributed by atoms with Gasteiger partial charge in [0.25, 0.3) is 5.91 Å². The van der Waals surface area contributed by atoms with E-state index in [1.165, 1.54) is 12.3 Å². The number of nitrogens with one attached hydrogen (secondary N) is 1. The molecule has 0 radical (unpaired) electrons. The highest BCUT2D eigenvalue weighted by Gasteiger charge is 2.28. The maximum absolute atomic E-state index is 12.0. The van der Waals surface area contributed by atoms with E-state index in [0.29, 0.717) is 17.7 Å². The summed E-state index contributed by atoms with van der Waals surface area (Å²) in [4.78, 5) is 19.6. The molecule has 9 heteroatoms. The first-order valence-corrected chi connectivity index (χ1v) is 5.78. The second-order valence-electron chi connectivity index (χ2n) is 4.08. The molecule has 0 aromatic carbocycles. The average molecular weight is 287 g/mol. The van der Waals surface area contributed by atoms with Crippen molar-refractivity contribution in [3.63, 3.8) is 0 Å². The number of aromatic nitrogens is 3. The number of nitrogen functional groups attached to an aromatic ring is 1. The summed E-state index contributed by atoms with van der Waals surface area (Å²) in [5, 5.41) is 1.77. The van der Waals surface area contributed by atoms with Gasteiger partial charge in [0.15, 0.2) is 5.65 Å². The van der Waals surface area contributed by atoms with Crippen LogP contribution in [0.4, 0.5) is 19.1 Å². The van der Waals surface area contributed by atoms with Gasteiger partial charge in [0.1, 0.15) is 12.1 Å². The van der Waals surface area contributed by atoms with Gasteiger partial charge in [0, 0.05) is 12.7 Å². The fourth-order valence-electron chi connectivity index (χ4n) is 1.75. The van der Waals surface area contributed by atoms with Gasteiger partial charge in [0.05, 0.1) is 5.56 Å². The molecule has 0 saturated carbocycles. The van der Waals surface area contributed by atoms with Crippen LogP contribution < -0.4 is 11.1 Å². The molecule has 0 aliphatic carbocycles. The highest BCUT2D eigenvalue weighted by molar-refractivity contribution is 5.96. The van der Waals surface area contributed by atoms with Crippen molar-refractivity contribution < 1.29 is 18.0 Å². The molecule has 2 aromatic rings. The van der Waals surface area contributed by atoms with Gasteiger partial charge < -0.3 is 11.1 Å². The van der Waals surface area contributed by atoms with Gasteiger partial charge in [-0.2, -0.15) is 13.2 Å². The Morgan fingerprint density at radius 2 is 2.20 bits per heavy atom. The molecule has 6 nitrogen and oxygen atoms in total. The van der Waals surface area contributed by atoms with Crippen LogP contribution >= 0.6 is 0 Å². The molecule has 2 aromatic heterocycles. The predicted octanol–water partition coefficient (Wildman–Crippen LogP) is 1.33. The van der Waals surface area contributed by atoms with E-state index in [9.17, 15) is 18.0 Å². The largest absolute Gasteiger partial charge is 0.405 e. The van der Waals surface area contributed by atoms with E-state index in [0.717, 1.165) is 0 Å². The summed E-state index contributed by atoms with van der Waals surface area (Å²) >= 11 is 0. The van der Waals surface area contributed by atoms with Gasteiger partial charge >= 0.3 is 6.18 Å². The molecule has 0 spiro atoms. The van der Waals surface area contributed by atoms with Crippen molar-refractivity contribution in [1.82, 2.24) is 19.9 Å². The van der Waals surface area contributed by atoms with E-state index >= 15 is 0 Å². The molecule has 1 amide bonds. The van der Waals surface area contributed by atoms with Crippen LogP contribution in [0.5, 0.6) is 0 Å². The van der Waals surface area contributed by atoms with Crippen LogP contribution in [0.25, 0.3) is 11.2 Å². The summed E-state index contributed by atoms with van der Waals surface area (Å²) in [6, 6.07) is 1.36. The number of nitrogens with two attached hydrogens (primary N) is 1. The molecule has 0 fully saturated rings. The second-order valence-corrected chi connectivity index (χ2v) is 4.08. The molecule has 0 unspecified atom stereocenters. The Morgan fingerprint density at radius 1 is 1.50 bits per heavy atom. The zero-order chi connectivity index (χ0) is 14.9. The molecule has 3 N–H and O–H groups in total. The van der Waals surface area contributed by atoms with Crippen molar-refractivity contribution in [3.8, 4) is 0 Å². The minimum absolute atomic E-state index is 0.00232. The molecular weight excluding hydrogens is 275 g/mol. The number of imidazole rings is 1. The zero-order valence-electron chi connectivity index (χ0n) is 10.5. The highest BCUT2D eigenvalue weighted by Crippen LogP contribution is 2.17. The lowest BCUT2D eigenvalue weighted by Gasteiger charge is -2.08. The summed E-state index contributed by atoms with van der Waals surface area (Å²) in [5.41, 5.74) is 6.52. The Bertz CT molecular complexity index is 649. The monoisotopic (exact) mass is 287 g/mol. The maximum atomic E-state index is 12.0. The topological polar surface area (TPSA) is 85.8 Å². The molecule has 2 heterocycles. The van der Waals surface area contributed by atoms with Gasteiger partial charge in [-0.05, 0) is 13.0 Å². The summed E-state index contributed by atoms with van der Waals surface area (Å²) in [6.45, 7) is 1.01. The van der Waals surface area contributed by atoms with Crippen LogP contribution in [0.3, 0.4) is 0 Å². The molecule has 0 aliphatic rings. The summed E-state index contributed by atoms with van der Waals surface area (Å²) in [6.07, 6.45) is -3.26. The Morgan fingerprint density at radius 3 is 2.80 bits per heavy atom. The van der Waals surface area contributed by atoms with Gasteiger partial charge in [-0.3, -0.25) is 9.36 Å². The molecular formula is C11H12F3N5O. The number of anilines is 1. The van der Waals surface area contributed by atoms with Crippen molar-refractivity contribution >= 4 is 23.0 Å². The van der Waals surface area contributed by atoms with E-state index < -0.39 is 18.6 Å². The third-order valence-corrected chi connectivity index (χ3v) is 2.64. The molecule has 108 valence electrons. The van der Waals surface area contributed by atoms with Crippen LogP contribution in [0.2, 0.25) is 0 Å². The van der Waals surface area contributed by atoms with Crippen molar-refractivity contribution in [2.45, 2.75) is 19.6 Å². The lowest BCUT2D eigenvalue weighted by Crippen LogP contribution is -2.33. The maximum Gasteiger partial charge on any atom is 0.405 e. The highest BCUT2D eigenvalue weighted by atomic mass is 19.4. The van der Waals surface area contributed by atoms with E-state index in [4.69, 9.17) is 5.73 Å². The number of hydrogen-bond donors (Lipinski definition) is 2. The lowest BCUT2D eigenvalue weighted by atomic mass is 10.2. The fourth-order valence-corrected chi connectivity index (χ4v) is 1.75. The average Bonchev–Trinajstić information content (AvgIpc) is 2.69. The number of fused-ring (bicyclic) bond motifs is 1. The van der Waals surface area contributed by atoms with Gasteiger partial charge in [-0.1, -0.05) is 0 Å². The molecule has 0 atom stereocenters. The van der Waals surface area contributed by atoms with E-state index in [-0.39, 0.29) is 11.5 Å². The molecule has 20 heavy (non-hydrogen) atoms. The zero-order valence-corrected chi connectivity index (χ0v) is 10.5. The van der Waals surface area contributed by atoms with E-state index in [1.54, 1.807) is 9.88 Å². The number of amides is 1. The van der Waals surface area contributed by atoms with Gasteiger partial charge in [-0.25, -0.2) is 9.97 Å². The first kappa shape index (κ1) is 14.1. The van der Waals surface area contributed by atoms with Crippen LogP contribution in [0, 0.1) is 0 Å². The molecule has 2 rings (SSSR count). The number of rotatable bonds is 3. The SMILES string of the molecule is CCn1c(N)nc2cc(C(=O)NCC(F)(F)F)cnc21. The fraction of sp³-hybridized carbons (Fsp3) is 0.364. The van der Waals surface area contributed by atoms with Gasteiger partial charge in [-0.15, -0.1) is 0 Å². The predicted molar refractivity (Wildman–Crippen MR) is 66.0 cm³/mol. The Hall–Kier alpha value is -2.32. The lowest BCUT2D eigenvalue weighted by molar-refractivity contribution is -0.123. The Kier molecular flexibility index (Phi) is 3.51. The minimum atomic E-state index is -4.46. The number of nitrogens with zero attached hydrogens (tertiary/aromatic N) is 3. The number of halogens is 3. The number of aryl methyl sites for hydroxylation is 1. The second kappa shape index (κ2) is 4.99. The number of pyridine rings is 1. The van der Waals surface area contributed by atoms with Crippen molar-refractivity contribution in [1.29, 1.82) is 0 Å². The summed E-state index contributed by atoms with van der Waals surface area (Å²) in [5.74, 6) is -0.621. The smallest absolute Gasteiger partial charge is 0.369 e. The normalized spacial score (nSPS) is 11.8. The standard InChI is InChI=1S/C11H12F3N5O/c1-2-19-8-7(18-10(19)15)3-6(4-16-8)9(20)17-5-11(12,13)14/h3-4H,2,5H2,1H3,(H2,15,18)(H,17,20). The minimum Gasteiger partial charge on any atom is -0.369 e. The summed E-state index contributed by atoms with van der Waals surface area (Å²) in [7, 11) is 0. The van der Waals surface area contributed by atoms with Crippen molar-refractivity contribution in [3.05, 3.63) is 17.8 Å². The van der Waals surface area contributed by atoms with Crippen LogP contribution in [0.15, 0.2) is 12.3 Å². The van der Waals surface area contributed by atoms with E-state index in [1.807, 2.05) is 6.92 Å². The molecule has 0 saturated heterocycles. The van der Waals surface area contributed by atoms with E-state index in [2.05, 4.69) is 9.97 Å². The molecule has 0 bridgehead atoms. The number of carbonyl (C=O) groups is 1. The third kappa shape index (κ3) is 2.81. The van der Waals surface area contributed by atoms with Gasteiger partial charge in [0.2, 0.25) is 5.95 Å². The number of carbonyl (C=O) groups excluding carboxylic acids is 1.